The molecule has 4 nitrogen and oxygen atoms in total. The van der Waals surface area contributed by atoms with Gasteiger partial charge in [0.25, 0.3) is 5.91 Å². The van der Waals surface area contributed by atoms with Gasteiger partial charge < -0.3 is 15.4 Å². The van der Waals surface area contributed by atoms with E-state index in [0.29, 0.717) is 6.54 Å². The largest absolute Gasteiger partial charge is 0.372 e. The minimum atomic E-state index is -0.291. The van der Waals surface area contributed by atoms with Crippen LogP contribution in [0.5, 0.6) is 0 Å². The second kappa shape index (κ2) is 5.32. The van der Waals surface area contributed by atoms with Crippen LogP contribution in [0.4, 0.5) is 0 Å². The summed E-state index contributed by atoms with van der Waals surface area (Å²) in [4.78, 5) is 13.7. The Hall–Kier alpha value is -0.610. The zero-order valence-electron chi connectivity index (χ0n) is 9.03. The van der Waals surface area contributed by atoms with Gasteiger partial charge >= 0.3 is 0 Å². The number of hydrogen-bond donors (Lipinski definition) is 1. The topological polar surface area (TPSA) is 55.6 Å². The predicted octanol–water partition coefficient (Wildman–Crippen LogP) is 0.361. The van der Waals surface area contributed by atoms with Crippen LogP contribution in [0, 0.1) is 0 Å². The zero-order valence-corrected chi connectivity index (χ0v) is 9.03. The highest BCUT2D eigenvalue weighted by Crippen LogP contribution is 2.11. The average molecular weight is 200 g/mol. The van der Waals surface area contributed by atoms with E-state index in [4.69, 9.17) is 10.5 Å². The smallest absolute Gasteiger partial charge is 0.251 e. The molecule has 0 spiro atoms. The van der Waals surface area contributed by atoms with E-state index < -0.39 is 0 Å². The minimum absolute atomic E-state index is 0.0881. The van der Waals surface area contributed by atoms with Gasteiger partial charge in [0.1, 0.15) is 6.10 Å². The van der Waals surface area contributed by atoms with Gasteiger partial charge in [0.05, 0.1) is 0 Å². The van der Waals surface area contributed by atoms with Crippen LogP contribution in [-0.4, -0.2) is 43.2 Å². The van der Waals surface area contributed by atoms with E-state index in [2.05, 4.69) is 0 Å². The number of rotatable bonds is 3. The summed E-state index contributed by atoms with van der Waals surface area (Å²) in [5.41, 5.74) is 5.81. The molecule has 0 bridgehead atoms. The Morgan fingerprint density at radius 1 is 1.71 bits per heavy atom. The van der Waals surface area contributed by atoms with E-state index in [1.165, 1.54) is 0 Å². The highest BCUT2D eigenvalue weighted by Gasteiger charge is 2.26. The summed E-state index contributed by atoms with van der Waals surface area (Å²) >= 11 is 0. The van der Waals surface area contributed by atoms with E-state index in [-0.39, 0.29) is 18.1 Å². The van der Waals surface area contributed by atoms with E-state index in [0.717, 1.165) is 25.8 Å². The molecule has 1 aliphatic rings. The molecule has 2 atom stereocenters. The predicted molar refractivity (Wildman–Crippen MR) is 54.9 cm³/mol. The molecular weight excluding hydrogens is 180 g/mol. The summed E-state index contributed by atoms with van der Waals surface area (Å²) in [5, 5.41) is 0. The lowest BCUT2D eigenvalue weighted by atomic mass is 10.1. The fourth-order valence-corrected chi connectivity index (χ4v) is 1.86. The van der Waals surface area contributed by atoms with Crippen molar-refractivity contribution < 1.29 is 9.53 Å². The molecule has 1 amide bonds. The second-order valence-electron chi connectivity index (χ2n) is 3.82. The summed E-state index contributed by atoms with van der Waals surface area (Å²) in [7, 11) is 1.58. The Labute approximate surface area is 85.4 Å². The van der Waals surface area contributed by atoms with E-state index >= 15 is 0 Å². The Balaban J connectivity index is 2.50. The molecule has 82 valence electrons. The fraction of sp³-hybridized carbons (Fsp3) is 0.900. The zero-order chi connectivity index (χ0) is 10.6. The molecule has 14 heavy (non-hydrogen) atoms. The quantitative estimate of drug-likeness (QED) is 0.715. The lowest BCUT2D eigenvalue weighted by Crippen LogP contribution is -2.49. The number of ether oxygens (including phenoxy) is 1. The molecule has 0 saturated carbocycles. The number of piperidine rings is 1. The van der Waals surface area contributed by atoms with Crippen LogP contribution >= 0.6 is 0 Å². The first-order valence-electron chi connectivity index (χ1n) is 5.26. The van der Waals surface area contributed by atoms with Crippen LogP contribution in [0.2, 0.25) is 0 Å². The third-order valence-corrected chi connectivity index (χ3v) is 2.70. The van der Waals surface area contributed by atoms with Crippen LogP contribution in [-0.2, 0) is 9.53 Å². The first-order valence-corrected chi connectivity index (χ1v) is 5.26. The Bertz CT molecular complexity index is 193. The van der Waals surface area contributed by atoms with Gasteiger partial charge in [-0.15, -0.1) is 0 Å². The number of likely N-dealkylation sites (tertiary alicyclic amines) is 1. The summed E-state index contributed by atoms with van der Waals surface area (Å²) < 4.78 is 5.12. The van der Waals surface area contributed by atoms with Gasteiger partial charge in [-0.05, 0) is 19.3 Å². The van der Waals surface area contributed by atoms with Crippen LogP contribution in [0.3, 0.4) is 0 Å². The van der Waals surface area contributed by atoms with Gasteiger partial charge in [0.2, 0.25) is 0 Å². The Morgan fingerprint density at radius 3 is 2.93 bits per heavy atom. The summed E-state index contributed by atoms with van der Waals surface area (Å²) in [5.74, 6) is 0.0881. The first kappa shape index (κ1) is 11.5. The van der Waals surface area contributed by atoms with E-state index in [1.54, 1.807) is 7.11 Å². The standard InChI is InChI=1S/C10H20N2O2/c1-3-9(14-2)10(13)12-6-4-5-8(11)7-12/h8-9H,3-7,11H2,1-2H3/t8-,9?/m1/s1. The van der Waals surface area contributed by atoms with Gasteiger partial charge in [0, 0.05) is 26.2 Å². The SMILES string of the molecule is CCC(OC)C(=O)N1CCC[C@@H](N)C1. The minimum Gasteiger partial charge on any atom is -0.372 e. The number of amides is 1. The summed E-state index contributed by atoms with van der Waals surface area (Å²) in [6.45, 7) is 3.46. The van der Waals surface area contributed by atoms with Gasteiger partial charge in [-0.25, -0.2) is 0 Å². The van der Waals surface area contributed by atoms with Crippen molar-refractivity contribution in [1.29, 1.82) is 0 Å². The molecule has 0 aromatic carbocycles. The van der Waals surface area contributed by atoms with Gasteiger partial charge in [-0.2, -0.15) is 0 Å². The lowest BCUT2D eigenvalue weighted by Gasteiger charge is -2.32. The first-order chi connectivity index (χ1) is 6.69. The van der Waals surface area contributed by atoms with Gasteiger partial charge in [-0.1, -0.05) is 6.92 Å². The van der Waals surface area contributed by atoms with Crippen molar-refractivity contribution in [2.45, 2.75) is 38.3 Å². The molecule has 0 aromatic heterocycles. The van der Waals surface area contributed by atoms with Gasteiger partial charge in [0.15, 0.2) is 0 Å². The third-order valence-electron chi connectivity index (χ3n) is 2.70. The molecule has 1 rings (SSSR count). The molecule has 1 saturated heterocycles. The highest BCUT2D eigenvalue weighted by atomic mass is 16.5. The van der Waals surface area contributed by atoms with Crippen LogP contribution in [0.25, 0.3) is 0 Å². The number of carbonyl (C=O) groups excluding carboxylic acids is 1. The molecule has 1 aliphatic heterocycles. The van der Waals surface area contributed by atoms with Crippen molar-refractivity contribution in [2.75, 3.05) is 20.2 Å². The molecule has 1 heterocycles. The molecule has 2 N–H and O–H groups in total. The molecule has 1 unspecified atom stereocenters. The fourth-order valence-electron chi connectivity index (χ4n) is 1.86. The van der Waals surface area contributed by atoms with Gasteiger partial charge in [-0.3, -0.25) is 4.79 Å². The number of methoxy groups -OCH3 is 1. The van der Waals surface area contributed by atoms with Crippen molar-refractivity contribution in [3.05, 3.63) is 0 Å². The average Bonchev–Trinajstić information content (AvgIpc) is 2.19. The Kier molecular flexibility index (Phi) is 4.35. The highest BCUT2D eigenvalue weighted by molar-refractivity contribution is 5.81. The molecule has 0 radical (unpaired) electrons. The maximum Gasteiger partial charge on any atom is 0.251 e. The van der Waals surface area contributed by atoms with Crippen molar-refractivity contribution in [3.8, 4) is 0 Å². The lowest BCUT2D eigenvalue weighted by molar-refractivity contribution is -0.143. The summed E-state index contributed by atoms with van der Waals surface area (Å²) in [6.07, 6.45) is 2.46. The Morgan fingerprint density at radius 2 is 2.43 bits per heavy atom. The van der Waals surface area contributed by atoms with Crippen LogP contribution in [0.1, 0.15) is 26.2 Å². The van der Waals surface area contributed by atoms with E-state index in [1.807, 2.05) is 11.8 Å². The summed E-state index contributed by atoms with van der Waals surface area (Å²) in [6, 6.07) is 0.141. The third kappa shape index (κ3) is 2.69. The number of nitrogens with zero attached hydrogens (tertiary/aromatic N) is 1. The normalized spacial score (nSPS) is 24.8. The molecule has 1 fully saturated rings. The van der Waals surface area contributed by atoms with Crippen molar-refractivity contribution in [1.82, 2.24) is 4.90 Å². The maximum atomic E-state index is 11.9. The van der Waals surface area contributed by atoms with Crippen molar-refractivity contribution in [2.24, 2.45) is 5.73 Å². The van der Waals surface area contributed by atoms with Crippen LogP contribution < -0.4 is 5.73 Å². The number of hydrogen-bond acceptors (Lipinski definition) is 3. The molecular formula is C10H20N2O2. The van der Waals surface area contributed by atoms with E-state index in [9.17, 15) is 4.79 Å². The van der Waals surface area contributed by atoms with Crippen LogP contribution in [0.15, 0.2) is 0 Å². The molecule has 0 aliphatic carbocycles. The molecule has 4 heteroatoms. The number of nitrogens with two attached hydrogens (primary N) is 1. The monoisotopic (exact) mass is 200 g/mol. The van der Waals surface area contributed by atoms with Crippen molar-refractivity contribution in [3.63, 3.8) is 0 Å². The maximum absolute atomic E-state index is 11.9. The molecule has 0 aromatic rings. The second-order valence-corrected chi connectivity index (χ2v) is 3.82. The number of carbonyl (C=O) groups is 1. The van der Waals surface area contributed by atoms with Crippen molar-refractivity contribution >= 4 is 5.91 Å².